The van der Waals surface area contributed by atoms with Crippen LogP contribution in [0.3, 0.4) is 0 Å². The fourth-order valence-electron chi connectivity index (χ4n) is 3.59. The number of hydrogen-bond donors (Lipinski definition) is 3. The lowest BCUT2D eigenvalue weighted by molar-refractivity contribution is -0.114. The van der Waals surface area contributed by atoms with Crippen molar-refractivity contribution in [1.29, 1.82) is 0 Å². The van der Waals surface area contributed by atoms with Crippen LogP contribution < -0.4 is 16.0 Å². The highest BCUT2D eigenvalue weighted by Crippen LogP contribution is 2.23. The first-order valence-electron chi connectivity index (χ1n) is 10.1. The number of hydrogen-bond acceptors (Lipinski definition) is 3. The van der Waals surface area contributed by atoms with Gasteiger partial charge in [-0.05, 0) is 62.1 Å². The van der Waals surface area contributed by atoms with Crippen LogP contribution in [0.2, 0.25) is 5.02 Å². The largest absolute Gasteiger partial charge is 0.376 e. The van der Waals surface area contributed by atoms with Crippen molar-refractivity contribution in [2.24, 2.45) is 0 Å². The van der Waals surface area contributed by atoms with Crippen molar-refractivity contribution in [3.05, 3.63) is 58.1 Å². The zero-order valence-electron chi connectivity index (χ0n) is 17.0. The first-order valence-corrected chi connectivity index (χ1v) is 10.5. The Morgan fingerprint density at radius 3 is 2.55 bits per heavy atom. The summed E-state index contributed by atoms with van der Waals surface area (Å²) >= 11 is 6.23. The Labute approximate surface area is 177 Å². The van der Waals surface area contributed by atoms with Crippen molar-refractivity contribution < 1.29 is 9.59 Å². The average Bonchev–Trinajstić information content (AvgIpc) is 2.71. The first-order chi connectivity index (χ1) is 13.9. The van der Waals surface area contributed by atoms with E-state index in [9.17, 15) is 9.59 Å². The van der Waals surface area contributed by atoms with Gasteiger partial charge in [-0.2, -0.15) is 0 Å². The van der Waals surface area contributed by atoms with Crippen LogP contribution in [0.4, 0.5) is 11.4 Å². The van der Waals surface area contributed by atoms with Crippen LogP contribution >= 0.6 is 11.6 Å². The molecule has 29 heavy (non-hydrogen) atoms. The van der Waals surface area contributed by atoms with Crippen LogP contribution in [-0.2, 0) is 4.79 Å². The van der Waals surface area contributed by atoms with Gasteiger partial charge in [0.2, 0.25) is 5.91 Å². The summed E-state index contributed by atoms with van der Waals surface area (Å²) in [5.74, 6) is -0.377. The lowest BCUT2D eigenvalue weighted by Crippen LogP contribution is -2.36. The third kappa shape index (κ3) is 5.97. The Balaban J connectivity index is 1.60. The van der Waals surface area contributed by atoms with E-state index in [-0.39, 0.29) is 24.4 Å². The van der Waals surface area contributed by atoms with Crippen molar-refractivity contribution in [3.8, 4) is 0 Å². The number of carbonyl (C=O) groups is 2. The van der Waals surface area contributed by atoms with E-state index in [2.05, 4.69) is 16.0 Å². The van der Waals surface area contributed by atoms with Gasteiger partial charge >= 0.3 is 0 Å². The molecular weight excluding hydrogens is 386 g/mol. The lowest BCUT2D eigenvalue weighted by atomic mass is 9.95. The van der Waals surface area contributed by atoms with Crippen molar-refractivity contribution in [1.82, 2.24) is 5.32 Å². The molecule has 0 spiro atoms. The molecule has 1 aliphatic carbocycles. The number of rotatable bonds is 6. The van der Waals surface area contributed by atoms with Gasteiger partial charge in [-0.1, -0.05) is 43.0 Å². The second-order valence-electron chi connectivity index (χ2n) is 7.72. The zero-order valence-corrected chi connectivity index (χ0v) is 17.7. The summed E-state index contributed by atoms with van der Waals surface area (Å²) in [4.78, 5) is 25.0. The van der Waals surface area contributed by atoms with Gasteiger partial charge in [0.25, 0.3) is 5.91 Å². The molecule has 2 aromatic rings. The number of halogens is 1. The monoisotopic (exact) mass is 413 g/mol. The molecule has 1 aliphatic rings. The van der Waals surface area contributed by atoms with E-state index >= 15 is 0 Å². The molecular formula is C23H28ClN3O2. The molecule has 3 rings (SSSR count). The summed E-state index contributed by atoms with van der Waals surface area (Å²) < 4.78 is 0. The maximum absolute atomic E-state index is 12.6. The Morgan fingerprint density at radius 1 is 1.03 bits per heavy atom. The van der Waals surface area contributed by atoms with E-state index in [1.165, 1.54) is 6.42 Å². The first kappa shape index (κ1) is 21.2. The predicted molar refractivity (Wildman–Crippen MR) is 119 cm³/mol. The third-order valence-corrected chi connectivity index (χ3v) is 5.60. The van der Waals surface area contributed by atoms with Crippen molar-refractivity contribution in [3.63, 3.8) is 0 Å². The molecule has 1 saturated carbocycles. The van der Waals surface area contributed by atoms with Crippen LogP contribution in [0, 0.1) is 13.8 Å². The molecule has 2 amide bonds. The Morgan fingerprint density at radius 2 is 1.79 bits per heavy atom. The minimum absolute atomic E-state index is 0.135. The van der Waals surface area contributed by atoms with Crippen LogP contribution in [0.25, 0.3) is 0 Å². The summed E-state index contributed by atoms with van der Waals surface area (Å²) in [5.41, 5.74) is 4.08. The van der Waals surface area contributed by atoms with Crippen LogP contribution in [0.15, 0.2) is 36.4 Å². The molecule has 0 saturated heterocycles. The van der Waals surface area contributed by atoms with Gasteiger partial charge in [-0.15, -0.1) is 0 Å². The van der Waals surface area contributed by atoms with Crippen molar-refractivity contribution >= 4 is 34.8 Å². The molecule has 0 bridgehead atoms. The standard InChI is InChI=1S/C23H28ClN3O2/c1-15-8-9-16(2)21(12-15)25-14-22(28)26-18-10-11-20(24)19(13-18)23(29)27-17-6-4-3-5-7-17/h8-13,17,25H,3-7,14H2,1-2H3,(H,26,28)(H,27,29). The quantitative estimate of drug-likeness (QED) is 0.619. The van der Waals surface area contributed by atoms with Crippen LogP contribution in [-0.4, -0.2) is 24.4 Å². The second-order valence-corrected chi connectivity index (χ2v) is 8.13. The number of anilines is 2. The van der Waals surface area contributed by atoms with E-state index in [1.54, 1.807) is 18.2 Å². The normalized spacial score (nSPS) is 14.3. The van der Waals surface area contributed by atoms with E-state index in [0.717, 1.165) is 42.5 Å². The van der Waals surface area contributed by atoms with Gasteiger partial charge in [0, 0.05) is 17.4 Å². The third-order valence-electron chi connectivity index (χ3n) is 5.27. The molecule has 0 atom stereocenters. The van der Waals surface area contributed by atoms with E-state index in [4.69, 9.17) is 11.6 Å². The minimum atomic E-state index is -0.188. The molecule has 0 radical (unpaired) electrons. The van der Waals surface area contributed by atoms with Crippen LogP contribution in [0.5, 0.6) is 0 Å². The fourth-order valence-corrected chi connectivity index (χ4v) is 3.80. The van der Waals surface area contributed by atoms with Crippen molar-refractivity contribution in [2.45, 2.75) is 52.0 Å². The van der Waals surface area contributed by atoms with E-state index in [1.807, 2.05) is 32.0 Å². The maximum Gasteiger partial charge on any atom is 0.253 e. The topological polar surface area (TPSA) is 70.2 Å². The number of benzene rings is 2. The molecule has 0 aliphatic heterocycles. The molecule has 2 aromatic carbocycles. The summed E-state index contributed by atoms with van der Waals surface area (Å²) in [6.07, 6.45) is 5.52. The number of amides is 2. The zero-order chi connectivity index (χ0) is 20.8. The molecule has 6 heteroatoms. The Hall–Kier alpha value is -2.53. The van der Waals surface area contributed by atoms with Gasteiger partial charge in [0.15, 0.2) is 0 Å². The predicted octanol–water partition coefficient (Wildman–Crippen LogP) is 5.07. The summed E-state index contributed by atoms with van der Waals surface area (Å²) in [5, 5.41) is 9.44. The van der Waals surface area contributed by atoms with Gasteiger partial charge < -0.3 is 16.0 Å². The highest BCUT2D eigenvalue weighted by Gasteiger charge is 2.19. The Kier molecular flexibility index (Phi) is 7.15. The van der Waals surface area contributed by atoms with Gasteiger partial charge in [0.1, 0.15) is 0 Å². The molecule has 0 unspecified atom stereocenters. The van der Waals surface area contributed by atoms with E-state index < -0.39 is 0 Å². The SMILES string of the molecule is Cc1ccc(C)c(NCC(=O)Nc2ccc(Cl)c(C(=O)NC3CCCCC3)c2)c1. The minimum Gasteiger partial charge on any atom is -0.376 e. The number of nitrogens with one attached hydrogen (secondary N) is 3. The van der Waals surface area contributed by atoms with Gasteiger partial charge in [-0.3, -0.25) is 9.59 Å². The summed E-state index contributed by atoms with van der Waals surface area (Å²) in [6.45, 7) is 4.14. The molecule has 5 nitrogen and oxygen atoms in total. The fraction of sp³-hybridized carbons (Fsp3) is 0.391. The second kappa shape index (κ2) is 9.79. The van der Waals surface area contributed by atoms with Crippen molar-refractivity contribution in [2.75, 3.05) is 17.2 Å². The lowest BCUT2D eigenvalue weighted by Gasteiger charge is -2.23. The summed E-state index contributed by atoms with van der Waals surface area (Å²) in [6, 6.07) is 11.3. The number of carbonyl (C=O) groups excluding carboxylic acids is 2. The molecule has 1 fully saturated rings. The molecule has 154 valence electrons. The maximum atomic E-state index is 12.6. The van der Waals surface area contributed by atoms with Gasteiger partial charge in [-0.25, -0.2) is 0 Å². The number of aryl methyl sites for hydroxylation is 2. The molecule has 0 heterocycles. The smallest absolute Gasteiger partial charge is 0.253 e. The molecule has 0 aromatic heterocycles. The van der Waals surface area contributed by atoms with Gasteiger partial charge in [0.05, 0.1) is 17.1 Å². The molecule has 3 N–H and O–H groups in total. The highest BCUT2D eigenvalue weighted by molar-refractivity contribution is 6.34. The average molecular weight is 414 g/mol. The van der Waals surface area contributed by atoms with Crippen LogP contribution in [0.1, 0.15) is 53.6 Å². The van der Waals surface area contributed by atoms with E-state index in [0.29, 0.717) is 16.3 Å². The summed E-state index contributed by atoms with van der Waals surface area (Å²) in [7, 11) is 0. The highest BCUT2D eigenvalue weighted by atomic mass is 35.5. The Bertz CT molecular complexity index is 892.